The molecule has 5 aromatic rings. The van der Waals surface area contributed by atoms with E-state index in [4.69, 9.17) is 14.9 Å². The van der Waals surface area contributed by atoms with E-state index in [2.05, 4.69) is 36.3 Å². The second kappa shape index (κ2) is 17.8. The van der Waals surface area contributed by atoms with Crippen molar-refractivity contribution in [2.75, 3.05) is 36.9 Å². The highest BCUT2D eigenvalue weighted by Gasteiger charge is 2.39. The summed E-state index contributed by atoms with van der Waals surface area (Å²) in [6.45, 7) is -0.123. The Labute approximate surface area is 344 Å². The number of hydrogen-bond acceptors (Lipinski definition) is 12. The van der Waals surface area contributed by atoms with Crippen LogP contribution in [0.3, 0.4) is 0 Å². The van der Waals surface area contributed by atoms with E-state index in [-0.39, 0.29) is 71.6 Å². The summed E-state index contributed by atoms with van der Waals surface area (Å²) >= 11 is 0. The van der Waals surface area contributed by atoms with Crippen LogP contribution in [0.2, 0.25) is 0 Å². The van der Waals surface area contributed by atoms with Gasteiger partial charge in [0.15, 0.2) is 11.4 Å². The number of primary amides is 1. The second-order valence-corrected chi connectivity index (χ2v) is 14.0. The van der Waals surface area contributed by atoms with Gasteiger partial charge in [-0.15, -0.1) is 0 Å². The van der Waals surface area contributed by atoms with E-state index in [1.165, 1.54) is 34.1 Å². The number of nitrogens with zero attached hydrogens (tertiary/aromatic N) is 5. The minimum Gasteiger partial charge on any atom is -0.444 e. The smallest absolute Gasteiger partial charge is 0.405 e. The Bertz CT molecular complexity index is 2500. The number of oxazole rings is 1. The van der Waals surface area contributed by atoms with Gasteiger partial charge in [-0.2, -0.15) is 18.3 Å². The number of imide groups is 1. The highest BCUT2D eigenvalue weighted by Crippen LogP contribution is 2.31. The van der Waals surface area contributed by atoms with Crippen molar-refractivity contribution in [3.05, 3.63) is 107 Å². The molecule has 316 valence electrons. The van der Waals surface area contributed by atoms with E-state index in [0.717, 1.165) is 17.4 Å². The summed E-state index contributed by atoms with van der Waals surface area (Å²) in [5, 5.41) is 13.9. The van der Waals surface area contributed by atoms with Gasteiger partial charge >= 0.3 is 6.18 Å². The number of aryl methyl sites for hydroxylation is 1. The minimum atomic E-state index is -4.46. The minimum absolute atomic E-state index is 0.0504. The molecule has 21 heteroatoms. The molecule has 1 unspecified atom stereocenters. The fourth-order valence-electron chi connectivity index (χ4n) is 6.78. The lowest BCUT2D eigenvalue weighted by atomic mass is 10.00. The number of nitrogens with two attached hydrogens (primary N) is 1. The number of benzene rings is 2. The zero-order valence-electron chi connectivity index (χ0n) is 32.1. The third-order valence-corrected chi connectivity index (χ3v) is 9.75. The number of aromatic nitrogens is 4. The summed E-state index contributed by atoms with van der Waals surface area (Å²) in [6.07, 6.45) is 0.924. The number of carbonyl (C=O) groups is 6. The molecular formula is C40H37F3N10O8. The first-order valence-electron chi connectivity index (χ1n) is 18.9. The molecular weight excluding hydrogens is 805 g/mol. The number of halogens is 3. The molecule has 0 saturated carbocycles. The van der Waals surface area contributed by atoms with Gasteiger partial charge in [0, 0.05) is 49.0 Å². The zero-order chi connectivity index (χ0) is 43.3. The van der Waals surface area contributed by atoms with Crippen molar-refractivity contribution in [3.63, 3.8) is 0 Å². The largest absolute Gasteiger partial charge is 0.444 e. The molecule has 18 nitrogen and oxygen atoms in total. The van der Waals surface area contributed by atoms with Crippen LogP contribution >= 0.6 is 0 Å². The topological polar surface area (TPSA) is 246 Å². The molecule has 0 bridgehead atoms. The molecule has 7 rings (SSSR count). The molecule has 2 aliphatic rings. The summed E-state index contributed by atoms with van der Waals surface area (Å²) < 4.78 is 50.2. The Hall–Kier alpha value is -7.42. The van der Waals surface area contributed by atoms with Crippen molar-refractivity contribution in [2.24, 2.45) is 5.73 Å². The first-order chi connectivity index (χ1) is 29.2. The lowest BCUT2D eigenvalue weighted by Gasteiger charge is -2.29. The molecule has 0 spiro atoms. The highest BCUT2D eigenvalue weighted by atomic mass is 19.4. The van der Waals surface area contributed by atoms with Gasteiger partial charge in [-0.05, 0) is 72.9 Å². The number of hydrogen-bond donors (Lipinski definition) is 5. The number of carbonyl (C=O) groups excluding carboxylic acids is 6. The standard InChI is InChI=1S/C40H37F3N10O8/c41-40(42,43)21-47-31-17-24(12-13-45-31)38-49-29(20-61-38)36(57)48-28-19-53(51-33(28)34(44)55)25-8-6-23(7-9-25)35(56)46-14-16-60-15-2-4-22-3-1-5-26-27(22)18-52(39(26)59)30-10-11-32(54)50-37(30)58/h1,3,5-9,12-13,17,19-20,30H,2,4,10-11,14-16,18,21H2,(H2,44,55)(H,45,47)(H,46,56)(H,48,57)(H,50,54,58). The number of amides is 6. The lowest BCUT2D eigenvalue weighted by Crippen LogP contribution is -2.52. The normalized spacial score (nSPS) is 15.0. The lowest BCUT2D eigenvalue weighted by molar-refractivity contribution is -0.137. The van der Waals surface area contributed by atoms with E-state index in [9.17, 15) is 41.9 Å². The summed E-state index contributed by atoms with van der Waals surface area (Å²) in [5.74, 6) is -3.28. The van der Waals surface area contributed by atoms with Gasteiger partial charge in [0.05, 0.1) is 24.2 Å². The monoisotopic (exact) mass is 842 g/mol. The van der Waals surface area contributed by atoms with E-state index in [0.29, 0.717) is 49.2 Å². The number of pyridine rings is 1. The van der Waals surface area contributed by atoms with Crippen LogP contribution in [0.1, 0.15) is 72.1 Å². The predicted molar refractivity (Wildman–Crippen MR) is 208 cm³/mol. The van der Waals surface area contributed by atoms with Crippen LogP contribution in [-0.4, -0.2) is 98.6 Å². The molecule has 2 aliphatic heterocycles. The Morgan fingerprint density at radius 1 is 1.03 bits per heavy atom. The molecule has 0 aliphatic carbocycles. The van der Waals surface area contributed by atoms with Crippen LogP contribution < -0.4 is 27.0 Å². The summed E-state index contributed by atoms with van der Waals surface area (Å²) in [7, 11) is 0. The first-order valence-corrected chi connectivity index (χ1v) is 18.9. The molecule has 2 aromatic carbocycles. The third-order valence-electron chi connectivity index (χ3n) is 9.75. The van der Waals surface area contributed by atoms with Crippen molar-refractivity contribution in [1.29, 1.82) is 0 Å². The second-order valence-electron chi connectivity index (χ2n) is 14.0. The molecule has 1 saturated heterocycles. The molecule has 1 fully saturated rings. The number of fused-ring (bicyclic) bond motifs is 1. The number of anilines is 2. The Morgan fingerprint density at radius 3 is 2.59 bits per heavy atom. The first kappa shape index (κ1) is 41.7. The predicted octanol–water partition coefficient (Wildman–Crippen LogP) is 3.39. The van der Waals surface area contributed by atoms with Crippen molar-refractivity contribution < 1.29 is 51.1 Å². The van der Waals surface area contributed by atoms with Crippen LogP contribution in [0.25, 0.3) is 17.1 Å². The van der Waals surface area contributed by atoms with E-state index in [1.807, 2.05) is 12.1 Å². The third kappa shape index (κ3) is 9.90. The van der Waals surface area contributed by atoms with E-state index >= 15 is 0 Å². The maximum absolute atomic E-state index is 13.1. The summed E-state index contributed by atoms with van der Waals surface area (Å²) in [6, 6.07) is 13.7. The highest BCUT2D eigenvalue weighted by molar-refractivity contribution is 6.07. The molecule has 1 atom stereocenters. The Balaban J connectivity index is 0.868. The fourth-order valence-corrected chi connectivity index (χ4v) is 6.78. The van der Waals surface area contributed by atoms with Gasteiger partial charge in [-0.3, -0.25) is 34.1 Å². The van der Waals surface area contributed by atoms with Gasteiger partial charge < -0.3 is 35.7 Å². The number of piperidine rings is 1. The van der Waals surface area contributed by atoms with E-state index < -0.39 is 36.5 Å². The van der Waals surface area contributed by atoms with E-state index in [1.54, 1.807) is 30.3 Å². The Kier molecular flexibility index (Phi) is 12.2. The van der Waals surface area contributed by atoms with Crippen LogP contribution in [0.4, 0.5) is 24.7 Å². The quantitative estimate of drug-likeness (QED) is 0.0709. The van der Waals surface area contributed by atoms with Gasteiger partial charge in [0.25, 0.3) is 23.6 Å². The number of rotatable bonds is 16. The molecule has 5 heterocycles. The average Bonchev–Trinajstić information content (AvgIpc) is 3.98. The SMILES string of the molecule is NC(=O)c1nn(-c2ccc(C(=O)NCCOCCCc3cccc4c3CN(C3CCC(=O)NC3=O)C4=O)cc2)cc1NC(=O)c1coc(-c2ccnc(NCC(F)(F)F)c2)n1. The average molecular weight is 843 g/mol. The molecule has 0 radical (unpaired) electrons. The van der Waals surface area contributed by atoms with Crippen molar-refractivity contribution >= 4 is 46.9 Å². The van der Waals surface area contributed by atoms with Crippen LogP contribution in [-0.2, 0) is 27.3 Å². The van der Waals surface area contributed by atoms with Crippen LogP contribution in [0.5, 0.6) is 0 Å². The number of alkyl halides is 3. The van der Waals surface area contributed by atoms with Gasteiger partial charge in [-0.25, -0.2) is 14.6 Å². The van der Waals surface area contributed by atoms with Gasteiger partial charge in [0.1, 0.15) is 24.7 Å². The van der Waals surface area contributed by atoms with Crippen LogP contribution in [0, 0.1) is 0 Å². The number of ether oxygens (including phenoxy) is 1. The number of nitrogens with one attached hydrogen (secondary N) is 4. The van der Waals surface area contributed by atoms with Crippen molar-refractivity contribution in [1.82, 2.24) is 35.3 Å². The molecule has 6 N–H and O–H groups in total. The summed E-state index contributed by atoms with van der Waals surface area (Å²) in [5.41, 5.74) is 8.40. The van der Waals surface area contributed by atoms with Crippen molar-refractivity contribution in [2.45, 2.75) is 44.4 Å². The molecule has 61 heavy (non-hydrogen) atoms. The van der Waals surface area contributed by atoms with Crippen molar-refractivity contribution in [3.8, 4) is 17.1 Å². The fraction of sp³-hybridized carbons (Fsp3) is 0.275. The van der Waals surface area contributed by atoms with Crippen LogP contribution in [0.15, 0.2) is 77.7 Å². The van der Waals surface area contributed by atoms with Gasteiger partial charge in [0.2, 0.25) is 17.7 Å². The maximum atomic E-state index is 13.1. The zero-order valence-corrected chi connectivity index (χ0v) is 32.1. The summed E-state index contributed by atoms with van der Waals surface area (Å²) in [4.78, 5) is 84.6. The van der Waals surface area contributed by atoms with Gasteiger partial charge in [-0.1, -0.05) is 12.1 Å². The molecule has 6 amide bonds. The molecule has 3 aromatic heterocycles. The maximum Gasteiger partial charge on any atom is 0.405 e. The Morgan fingerprint density at radius 2 is 1.84 bits per heavy atom.